The maximum atomic E-state index is 12.6. The minimum atomic E-state index is -0.460. The average molecular weight is 302 g/mol. The highest BCUT2D eigenvalue weighted by atomic mass is 16.4. The molecule has 1 amide bonds. The molecule has 3 fully saturated rings. The van der Waals surface area contributed by atoms with Gasteiger partial charge in [-0.25, -0.2) is 4.79 Å². The third kappa shape index (κ3) is 2.02. The monoisotopic (exact) mass is 302 g/mol. The molecule has 1 aromatic heterocycles. The van der Waals surface area contributed by atoms with Crippen LogP contribution in [0.4, 0.5) is 0 Å². The van der Waals surface area contributed by atoms with Crippen molar-refractivity contribution in [2.24, 2.45) is 5.41 Å². The second-order valence-electron chi connectivity index (χ2n) is 7.46. The molecule has 4 rings (SSSR count). The van der Waals surface area contributed by atoms with Gasteiger partial charge < -0.3 is 14.2 Å². The molecule has 0 radical (unpaired) electrons. The van der Waals surface area contributed by atoms with Gasteiger partial charge >= 0.3 is 5.63 Å². The molecule has 2 saturated heterocycles. The lowest BCUT2D eigenvalue weighted by molar-refractivity contribution is -0.0873. The van der Waals surface area contributed by atoms with Gasteiger partial charge in [-0.3, -0.25) is 4.79 Å². The summed E-state index contributed by atoms with van der Waals surface area (Å²) in [6, 6.07) is 1.89. The Kier molecular flexibility index (Phi) is 2.98. The molecule has 0 aromatic carbocycles. The normalized spacial score (nSPS) is 23.8. The Morgan fingerprint density at radius 2 is 1.95 bits per heavy atom. The van der Waals surface area contributed by atoms with Crippen molar-refractivity contribution in [2.75, 3.05) is 33.2 Å². The van der Waals surface area contributed by atoms with Crippen molar-refractivity contribution in [1.29, 1.82) is 0 Å². The number of hydrogen-bond acceptors (Lipinski definition) is 4. The average Bonchev–Trinajstić information content (AvgIpc) is 2.28. The van der Waals surface area contributed by atoms with Crippen LogP contribution >= 0.6 is 0 Å². The molecule has 0 bridgehead atoms. The molecule has 1 saturated carbocycles. The van der Waals surface area contributed by atoms with Crippen LogP contribution in [0.5, 0.6) is 0 Å². The van der Waals surface area contributed by atoms with Gasteiger partial charge in [-0.1, -0.05) is 6.42 Å². The van der Waals surface area contributed by atoms with Gasteiger partial charge in [0.1, 0.15) is 11.3 Å². The lowest BCUT2D eigenvalue weighted by Crippen LogP contribution is -2.72. The molecule has 5 heteroatoms. The van der Waals surface area contributed by atoms with Crippen molar-refractivity contribution in [3.05, 3.63) is 33.4 Å². The van der Waals surface area contributed by atoms with Crippen LogP contribution < -0.4 is 5.63 Å². The number of hydrogen-bond donors (Lipinski definition) is 0. The zero-order chi connectivity index (χ0) is 15.5. The lowest BCUT2D eigenvalue weighted by Gasteiger charge is -2.59. The summed E-state index contributed by atoms with van der Waals surface area (Å²) in [5, 5.41) is 0. The number of amides is 1. The highest BCUT2D eigenvalue weighted by Gasteiger charge is 2.52. The summed E-state index contributed by atoms with van der Waals surface area (Å²) in [5.74, 6) is 0.964. The fraction of sp³-hybridized carbons (Fsp3) is 0.647. The summed E-state index contributed by atoms with van der Waals surface area (Å²) < 4.78 is 5.43. The topological polar surface area (TPSA) is 53.8 Å². The Morgan fingerprint density at radius 3 is 2.45 bits per heavy atom. The first-order valence-corrected chi connectivity index (χ1v) is 8.10. The van der Waals surface area contributed by atoms with Gasteiger partial charge in [-0.15, -0.1) is 0 Å². The number of aryl methyl sites for hydroxylation is 1. The Morgan fingerprint density at radius 1 is 1.27 bits per heavy atom. The van der Waals surface area contributed by atoms with Crippen LogP contribution in [0.15, 0.2) is 15.3 Å². The summed E-state index contributed by atoms with van der Waals surface area (Å²) in [6.07, 6.45) is 3.36. The van der Waals surface area contributed by atoms with Crippen LogP contribution in [0.1, 0.15) is 46.9 Å². The largest absolute Gasteiger partial charge is 0.427 e. The molecule has 3 heterocycles. The van der Waals surface area contributed by atoms with Crippen LogP contribution in [0, 0.1) is 12.3 Å². The first kappa shape index (κ1) is 14.0. The number of carbonyl (C=O) groups excluding carboxylic acids is 1. The highest BCUT2D eigenvalue weighted by Crippen LogP contribution is 2.39. The number of nitrogens with zero attached hydrogens (tertiary/aromatic N) is 2. The SMILES string of the molecule is Cc1cc(C2CCC2)oc(=O)c1C(=O)N1CC2(CN(C)C2)C1. The maximum absolute atomic E-state index is 12.6. The second-order valence-corrected chi connectivity index (χ2v) is 7.46. The first-order valence-electron chi connectivity index (χ1n) is 8.10. The van der Waals surface area contributed by atoms with Crippen molar-refractivity contribution in [2.45, 2.75) is 32.1 Å². The van der Waals surface area contributed by atoms with E-state index in [4.69, 9.17) is 4.42 Å². The Hall–Kier alpha value is -1.62. The molecule has 118 valence electrons. The van der Waals surface area contributed by atoms with E-state index in [1.807, 2.05) is 13.0 Å². The third-order valence-electron chi connectivity index (χ3n) is 5.44. The lowest BCUT2D eigenvalue weighted by atomic mass is 9.73. The molecule has 1 aliphatic carbocycles. The van der Waals surface area contributed by atoms with Crippen molar-refractivity contribution in [3.63, 3.8) is 0 Å². The van der Waals surface area contributed by atoms with Gasteiger partial charge in [0, 0.05) is 37.5 Å². The smallest absolute Gasteiger partial charge is 0.349 e. The molecule has 0 N–H and O–H groups in total. The summed E-state index contributed by atoms with van der Waals surface area (Å²) in [4.78, 5) is 28.9. The third-order valence-corrected chi connectivity index (χ3v) is 5.44. The number of rotatable bonds is 2. The van der Waals surface area contributed by atoms with Crippen molar-refractivity contribution in [3.8, 4) is 0 Å². The number of likely N-dealkylation sites (tertiary alicyclic amines) is 2. The Balaban J connectivity index is 1.52. The summed E-state index contributed by atoms with van der Waals surface area (Å²) >= 11 is 0. The van der Waals surface area contributed by atoms with Crippen LogP contribution in [0.25, 0.3) is 0 Å². The van der Waals surface area contributed by atoms with Gasteiger partial charge in [-0.05, 0) is 38.4 Å². The predicted octanol–water partition coefficient (Wildman–Crippen LogP) is 1.60. The molecule has 3 aliphatic rings. The fourth-order valence-corrected chi connectivity index (χ4v) is 4.15. The minimum Gasteiger partial charge on any atom is -0.427 e. The van der Waals surface area contributed by atoms with E-state index in [1.54, 1.807) is 4.90 Å². The second kappa shape index (κ2) is 4.69. The van der Waals surface area contributed by atoms with Crippen LogP contribution in [-0.2, 0) is 0 Å². The molecule has 0 unspecified atom stereocenters. The molecule has 1 aromatic rings. The van der Waals surface area contributed by atoms with E-state index in [1.165, 1.54) is 6.42 Å². The predicted molar refractivity (Wildman–Crippen MR) is 82.1 cm³/mol. The van der Waals surface area contributed by atoms with E-state index in [0.29, 0.717) is 5.92 Å². The van der Waals surface area contributed by atoms with Gasteiger partial charge in [0.25, 0.3) is 5.91 Å². The quantitative estimate of drug-likeness (QED) is 0.833. The summed E-state index contributed by atoms with van der Waals surface area (Å²) in [6.45, 7) is 5.47. The zero-order valence-electron chi connectivity index (χ0n) is 13.2. The van der Waals surface area contributed by atoms with E-state index in [2.05, 4.69) is 11.9 Å². The highest BCUT2D eigenvalue weighted by molar-refractivity contribution is 5.95. The zero-order valence-corrected chi connectivity index (χ0v) is 13.2. The van der Waals surface area contributed by atoms with Crippen molar-refractivity contribution < 1.29 is 9.21 Å². The van der Waals surface area contributed by atoms with Crippen LogP contribution in [-0.4, -0.2) is 48.9 Å². The van der Waals surface area contributed by atoms with Crippen molar-refractivity contribution in [1.82, 2.24) is 9.80 Å². The van der Waals surface area contributed by atoms with Crippen LogP contribution in [0.3, 0.4) is 0 Å². The molecule has 1 spiro atoms. The molecular weight excluding hydrogens is 280 g/mol. The number of carbonyl (C=O) groups is 1. The molecule has 2 aliphatic heterocycles. The van der Waals surface area contributed by atoms with E-state index in [-0.39, 0.29) is 16.9 Å². The standard InChI is InChI=1S/C17H22N2O3/c1-11-6-13(12-4-3-5-12)22-16(21)14(11)15(20)19-9-17(10-19)7-18(2)8-17/h6,12H,3-5,7-10H2,1-2H3. The Labute approximate surface area is 129 Å². The molecule has 0 atom stereocenters. The van der Waals surface area contributed by atoms with Gasteiger partial charge in [0.05, 0.1) is 0 Å². The Bertz CT molecular complexity index is 676. The molecule has 22 heavy (non-hydrogen) atoms. The van der Waals surface area contributed by atoms with Gasteiger partial charge in [0.2, 0.25) is 0 Å². The van der Waals surface area contributed by atoms with E-state index >= 15 is 0 Å². The van der Waals surface area contributed by atoms with Gasteiger partial charge in [-0.2, -0.15) is 0 Å². The van der Waals surface area contributed by atoms with E-state index < -0.39 is 5.63 Å². The fourth-order valence-electron chi connectivity index (χ4n) is 4.15. The molecule has 5 nitrogen and oxygen atoms in total. The van der Waals surface area contributed by atoms with Gasteiger partial charge in [0.15, 0.2) is 0 Å². The van der Waals surface area contributed by atoms with Crippen LogP contribution in [0.2, 0.25) is 0 Å². The molecular formula is C17H22N2O3. The minimum absolute atomic E-state index is 0.161. The first-order chi connectivity index (χ1) is 10.5. The van der Waals surface area contributed by atoms with Crippen molar-refractivity contribution >= 4 is 5.91 Å². The summed E-state index contributed by atoms with van der Waals surface area (Å²) in [7, 11) is 2.09. The summed E-state index contributed by atoms with van der Waals surface area (Å²) in [5.41, 5.74) is 0.809. The van der Waals surface area contributed by atoms with E-state index in [0.717, 1.165) is 50.3 Å². The maximum Gasteiger partial charge on any atom is 0.349 e. The van der Waals surface area contributed by atoms with E-state index in [9.17, 15) is 9.59 Å².